The maximum atomic E-state index is 11.0. The second-order valence-electron chi connectivity index (χ2n) is 3.81. The maximum Gasteiger partial charge on any atom is 0.181 e. The van der Waals surface area contributed by atoms with Gasteiger partial charge in [0.2, 0.25) is 0 Å². The monoisotopic (exact) mass is 179 g/mol. The van der Waals surface area contributed by atoms with Crippen LogP contribution in [0.4, 0.5) is 0 Å². The number of ether oxygens (including phenoxy) is 1. The van der Waals surface area contributed by atoms with Gasteiger partial charge < -0.3 is 4.74 Å². The Hall–Kier alpha value is -1.12. The number of fused-ring (bicyclic) bond motifs is 1. The van der Waals surface area contributed by atoms with Crippen molar-refractivity contribution in [1.29, 1.82) is 0 Å². The highest BCUT2D eigenvalue weighted by atomic mass is 16.5. The van der Waals surface area contributed by atoms with Crippen molar-refractivity contribution in [2.75, 3.05) is 0 Å². The molecule has 3 nitrogen and oxygen atoms in total. The summed E-state index contributed by atoms with van der Waals surface area (Å²) in [5.41, 5.74) is -0.681. The number of rotatable bonds is 1. The lowest BCUT2D eigenvalue weighted by molar-refractivity contribution is -0.127. The molecule has 0 amide bonds. The van der Waals surface area contributed by atoms with Crippen LogP contribution in [0.2, 0.25) is 0 Å². The molecule has 0 aromatic carbocycles. The summed E-state index contributed by atoms with van der Waals surface area (Å²) in [5.74, 6) is 0.802. The predicted octanol–water partition coefficient (Wildman–Crippen LogP) is 1.34. The van der Waals surface area contributed by atoms with Gasteiger partial charge in [-0.25, -0.2) is 4.99 Å². The third-order valence-corrected chi connectivity index (χ3v) is 2.80. The van der Waals surface area contributed by atoms with Gasteiger partial charge >= 0.3 is 0 Å². The van der Waals surface area contributed by atoms with Crippen molar-refractivity contribution in [2.24, 2.45) is 10.9 Å². The zero-order chi connectivity index (χ0) is 9.47. The van der Waals surface area contributed by atoms with Crippen LogP contribution in [0.15, 0.2) is 17.1 Å². The molecular weight excluding hydrogens is 166 g/mol. The van der Waals surface area contributed by atoms with Crippen LogP contribution in [0.25, 0.3) is 0 Å². The Balaban J connectivity index is 2.35. The third kappa shape index (κ3) is 1.19. The lowest BCUT2D eigenvalue weighted by Gasteiger charge is -2.37. The SMILES string of the molecule is CC1=NC2C=CCC2C(C)(C=O)O1. The van der Waals surface area contributed by atoms with Gasteiger partial charge in [0.1, 0.15) is 0 Å². The molecule has 1 aliphatic carbocycles. The van der Waals surface area contributed by atoms with Crippen LogP contribution < -0.4 is 0 Å². The van der Waals surface area contributed by atoms with Gasteiger partial charge in [-0.05, 0) is 13.3 Å². The number of carbonyl (C=O) groups excluding carboxylic acids is 1. The first-order valence-electron chi connectivity index (χ1n) is 4.52. The van der Waals surface area contributed by atoms with E-state index in [0.29, 0.717) is 5.90 Å². The van der Waals surface area contributed by atoms with Crippen LogP contribution >= 0.6 is 0 Å². The van der Waals surface area contributed by atoms with E-state index in [4.69, 9.17) is 4.74 Å². The molecule has 0 aromatic rings. The molecule has 0 fully saturated rings. The third-order valence-electron chi connectivity index (χ3n) is 2.80. The zero-order valence-corrected chi connectivity index (χ0v) is 7.86. The Bertz CT molecular complexity index is 295. The first-order valence-corrected chi connectivity index (χ1v) is 4.52. The molecule has 1 heterocycles. The Labute approximate surface area is 77.5 Å². The van der Waals surface area contributed by atoms with Crippen LogP contribution in [0.3, 0.4) is 0 Å². The molecule has 70 valence electrons. The number of aldehydes is 1. The summed E-state index contributed by atoms with van der Waals surface area (Å²) in [5, 5.41) is 0. The van der Waals surface area contributed by atoms with Crippen LogP contribution in [0, 0.1) is 5.92 Å². The minimum absolute atomic E-state index is 0.143. The van der Waals surface area contributed by atoms with Gasteiger partial charge in [0.05, 0.1) is 6.04 Å². The zero-order valence-electron chi connectivity index (χ0n) is 7.86. The van der Waals surface area contributed by atoms with Crippen molar-refractivity contribution >= 4 is 12.2 Å². The van der Waals surface area contributed by atoms with Gasteiger partial charge in [-0.3, -0.25) is 4.79 Å². The van der Waals surface area contributed by atoms with Crippen molar-refractivity contribution in [3.63, 3.8) is 0 Å². The van der Waals surface area contributed by atoms with E-state index in [1.54, 1.807) is 6.92 Å². The minimum atomic E-state index is -0.681. The molecule has 3 heteroatoms. The standard InChI is InChI=1S/C10H13NO2/c1-7-11-9-5-3-4-8(9)10(2,6-12)13-7/h3,5-6,8-9H,4H2,1-2H3. The first-order chi connectivity index (χ1) is 6.15. The fourth-order valence-corrected chi connectivity index (χ4v) is 2.09. The van der Waals surface area contributed by atoms with E-state index < -0.39 is 5.60 Å². The first kappa shape index (κ1) is 8.48. The minimum Gasteiger partial charge on any atom is -0.467 e. The van der Waals surface area contributed by atoms with E-state index in [1.165, 1.54) is 0 Å². The van der Waals surface area contributed by atoms with Crippen LogP contribution in [0.1, 0.15) is 20.3 Å². The number of nitrogens with zero attached hydrogens (tertiary/aromatic N) is 1. The summed E-state index contributed by atoms with van der Waals surface area (Å²) in [6.45, 7) is 3.63. The van der Waals surface area contributed by atoms with Crippen molar-refractivity contribution in [2.45, 2.75) is 31.9 Å². The number of aliphatic imine (C=N–C) groups is 1. The Morgan fingerprint density at radius 2 is 2.54 bits per heavy atom. The molecule has 1 aliphatic heterocycles. The van der Waals surface area contributed by atoms with Crippen molar-refractivity contribution < 1.29 is 9.53 Å². The van der Waals surface area contributed by atoms with Crippen LogP contribution in [-0.4, -0.2) is 23.8 Å². The van der Waals surface area contributed by atoms with Crippen molar-refractivity contribution in [1.82, 2.24) is 0 Å². The number of hydrogen-bond acceptors (Lipinski definition) is 3. The Morgan fingerprint density at radius 3 is 3.23 bits per heavy atom. The van der Waals surface area contributed by atoms with Gasteiger partial charge in [0, 0.05) is 12.8 Å². The number of carbonyl (C=O) groups is 1. The predicted molar refractivity (Wildman–Crippen MR) is 49.7 cm³/mol. The molecule has 0 saturated carbocycles. The smallest absolute Gasteiger partial charge is 0.181 e. The molecule has 0 bridgehead atoms. The quantitative estimate of drug-likeness (QED) is 0.450. The molecule has 2 rings (SSSR count). The summed E-state index contributed by atoms with van der Waals surface area (Å²) in [6.07, 6.45) is 5.91. The fraction of sp³-hybridized carbons (Fsp3) is 0.600. The number of allylic oxidation sites excluding steroid dienone is 1. The van der Waals surface area contributed by atoms with Crippen LogP contribution in [-0.2, 0) is 9.53 Å². The largest absolute Gasteiger partial charge is 0.467 e. The van der Waals surface area contributed by atoms with Gasteiger partial charge in [-0.1, -0.05) is 12.2 Å². The second-order valence-corrected chi connectivity index (χ2v) is 3.81. The molecule has 0 saturated heterocycles. The molecule has 0 spiro atoms. The molecule has 2 aliphatic rings. The molecule has 0 aromatic heterocycles. The van der Waals surface area contributed by atoms with E-state index in [1.807, 2.05) is 6.92 Å². The second kappa shape index (κ2) is 2.69. The van der Waals surface area contributed by atoms with Gasteiger partial charge in [0.15, 0.2) is 17.8 Å². The lowest BCUT2D eigenvalue weighted by Crippen LogP contribution is -2.47. The van der Waals surface area contributed by atoms with Gasteiger partial charge in [0.25, 0.3) is 0 Å². The van der Waals surface area contributed by atoms with Crippen LogP contribution in [0.5, 0.6) is 0 Å². The summed E-state index contributed by atoms with van der Waals surface area (Å²) in [7, 11) is 0. The van der Waals surface area contributed by atoms with Crippen molar-refractivity contribution in [3.8, 4) is 0 Å². The average molecular weight is 179 g/mol. The normalized spacial score (nSPS) is 42.2. The van der Waals surface area contributed by atoms with Gasteiger partial charge in [-0.2, -0.15) is 0 Å². The highest BCUT2D eigenvalue weighted by molar-refractivity contribution is 5.79. The Kier molecular flexibility index (Phi) is 1.75. The van der Waals surface area contributed by atoms with Crippen molar-refractivity contribution in [3.05, 3.63) is 12.2 Å². The van der Waals surface area contributed by atoms with Gasteiger partial charge in [-0.15, -0.1) is 0 Å². The van der Waals surface area contributed by atoms with E-state index in [9.17, 15) is 4.79 Å². The summed E-state index contributed by atoms with van der Waals surface area (Å²) in [4.78, 5) is 15.3. The highest BCUT2D eigenvalue weighted by Gasteiger charge is 2.45. The number of hydrogen-bond donors (Lipinski definition) is 0. The Morgan fingerprint density at radius 1 is 1.77 bits per heavy atom. The van der Waals surface area contributed by atoms with E-state index in [-0.39, 0.29) is 12.0 Å². The van der Waals surface area contributed by atoms with E-state index in [2.05, 4.69) is 17.1 Å². The molecule has 3 atom stereocenters. The molecule has 0 N–H and O–H groups in total. The molecule has 13 heavy (non-hydrogen) atoms. The highest BCUT2D eigenvalue weighted by Crippen LogP contribution is 2.36. The van der Waals surface area contributed by atoms with E-state index in [0.717, 1.165) is 12.7 Å². The summed E-state index contributed by atoms with van der Waals surface area (Å²) in [6, 6.07) is 0.143. The topological polar surface area (TPSA) is 38.7 Å². The lowest BCUT2D eigenvalue weighted by atomic mass is 9.84. The average Bonchev–Trinajstić information content (AvgIpc) is 2.52. The summed E-state index contributed by atoms with van der Waals surface area (Å²) < 4.78 is 5.48. The molecule has 0 radical (unpaired) electrons. The summed E-state index contributed by atoms with van der Waals surface area (Å²) >= 11 is 0. The molecular formula is C10H13NO2. The molecule has 3 unspecified atom stereocenters. The van der Waals surface area contributed by atoms with E-state index >= 15 is 0 Å². The fourth-order valence-electron chi connectivity index (χ4n) is 2.09. The maximum absolute atomic E-state index is 11.0.